The Bertz CT molecular complexity index is 744. The van der Waals surface area contributed by atoms with E-state index in [0.717, 1.165) is 36.2 Å². The first-order valence-electron chi connectivity index (χ1n) is 7.07. The number of aromatic amines is 1. The van der Waals surface area contributed by atoms with Crippen LogP contribution in [0.2, 0.25) is 0 Å². The minimum Gasteiger partial charge on any atom is -0.364 e. The van der Waals surface area contributed by atoms with Crippen LogP contribution in [0.25, 0.3) is 0 Å². The maximum atomic E-state index is 12.3. The largest absolute Gasteiger partial charge is 0.364 e. The molecule has 6 heteroatoms. The van der Waals surface area contributed by atoms with E-state index in [4.69, 9.17) is 0 Å². The van der Waals surface area contributed by atoms with Crippen LogP contribution < -0.4 is 10.7 Å². The summed E-state index contributed by atoms with van der Waals surface area (Å²) in [6.45, 7) is 1.78. The van der Waals surface area contributed by atoms with Crippen LogP contribution in [0, 0.1) is 6.92 Å². The monoisotopic (exact) mass is 286 g/mol. The Morgan fingerprint density at radius 1 is 1.52 bits per heavy atom. The van der Waals surface area contributed by atoms with Crippen molar-refractivity contribution >= 4 is 5.91 Å². The number of amides is 1. The van der Waals surface area contributed by atoms with Gasteiger partial charge in [-0.1, -0.05) is 0 Å². The molecule has 0 aromatic carbocycles. The van der Waals surface area contributed by atoms with Gasteiger partial charge in [-0.25, -0.2) is 0 Å². The molecule has 0 aliphatic heterocycles. The molecule has 2 N–H and O–H groups in total. The topological polar surface area (TPSA) is 79.8 Å². The van der Waals surface area contributed by atoms with Gasteiger partial charge in [0, 0.05) is 36.3 Å². The van der Waals surface area contributed by atoms with Gasteiger partial charge in [0.25, 0.3) is 5.91 Å². The number of carbonyl (C=O) groups is 1. The maximum Gasteiger partial charge on any atom is 0.257 e. The number of H-pyrrole nitrogens is 1. The van der Waals surface area contributed by atoms with Gasteiger partial charge in [0.15, 0.2) is 5.43 Å². The lowest BCUT2D eigenvalue weighted by atomic mass is 9.93. The van der Waals surface area contributed by atoms with Crippen LogP contribution in [0.1, 0.15) is 46.2 Å². The molecule has 1 aliphatic rings. The Hall–Kier alpha value is -2.37. The average molecular weight is 286 g/mol. The lowest BCUT2D eigenvalue weighted by Crippen LogP contribution is -2.33. The van der Waals surface area contributed by atoms with Gasteiger partial charge in [-0.3, -0.25) is 14.3 Å². The van der Waals surface area contributed by atoms with Crippen molar-refractivity contribution in [2.45, 2.75) is 32.2 Å². The number of hydrogen-bond acceptors (Lipinski definition) is 3. The number of pyridine rings is 1. The smallest absolute Gasteiger partial charge is 0.257 e. The normalized spacial score (nSPS) is 17.3. The van der Waals surface area contributed by atoms with Gasteiger partial charge in [0.1, 0.15) is 5.56 Å². The van der Waals surface area contributed by atoms with Gasteiger partial charge in [-0.15, -0.1) is 0 Å². The summed E-state index contributed by atoms with van der Waals surface area (Å²) in [5.41, 5.74) is 2.84. The first kappa shape index (κ1) is 13.6. The van der Waals surface area contributed by atoms with Gasteiger partial charge in [-0.05, 0) is 26.2 Å². The molecule has 0 saturated carbocycles. The number of aryl methyl sites for hydroxylation is 2. The number of carbonyl (C=O) groups excluding carboxylic acids is 1. The fraction of sp³-hybridized carbons (Fsp3) is 0.400. The van der Waals surface area contributed by atoms with Crippen molar-refractivity contribution in [1.82, 2.24) is 20.1 Å². The van der Waals surface area contributed by atoms with Crippen LogP contribution >= 0.6 is 0 Å². The van der Waals surface area contributed by atoms with Crippen LogP contribution in [-0.4, -0.2) is 20.7 Å². The van der Waals surface area contributed by atoms with Crippen LogP contribution in [0.4, 0.5) is 0 Å². The Labute approximate surface area is 122 Å². The predicted octanol–water partition coefficient (Wildman–Crippen LogP) is 1.22. The molecule has 1 aliphatic carbocycles. The number of nitrogens with zero attached hydrogens (tertiary/aromatic N) is 2. The van der Waals surface area contributed by atoms with E-state index in [1.807, 2.05) is 11.7 Å². The molecule has 0 bridgehead atoms. The molecule has 3 rings (SSSR count). The lowest BCUT2D eigenvalue weighted by molar-refractivity contribution is 0.0931. The van der Waals surface area contributed by atoms with Crippen molar-refractivity contribution in [2.24, 2.45) is 7.05 Å². The molecular weight excluding hydrogens is 268 g/mol. The molecule has 0 spiro atoms. The molecule has 0 radical (unpaired) electrons. The summed E-state index contributed by atoms with van der Waals surface area (Å²) in [4.78, 5) is 27.1. The quantitative estimate of drug-likeness (QED) is 0.871. The SMILES string of the molecule is Cc1cc(=O)c(C(=O)NC2CCCc3c2cnn3C)c[nH]1. The molecule has 0 saturated heterocycles. The molecule has 0 fully saturated rings. The molecule has 110 valence electrons. The third-order valence-electron chi connectivity index (χ3n) is 3.98. The Balaban J connectivity index is 1.84. The van der Waals surface area contributed by atoms with Crippen LogP contribution in [-0.2, 0) is 13.5 Å². The highest BCUT2D eigenvalue weighted by Gasteiger charge is 2.25. The summed E-state index contributed by atoms with van der Waals surface area (Å²) in [6.07, 6.45) is 6.12. The summed E-state index contributed by atoms with van der Waals surface area (Å²) < 4.78 is 1.85. The fourth-order valence-corrected chi connectivity index (χ4v) is 2.84. The second-order valence-corrected chi connectivity index (χ2v) is 5.48. The second kappa shape index (κ2) is 5.20. The zero-order valence-electron chi connectivity index (χ0n) is 12.1. The zero-order valence-corrected chi connectivity index (χ0v) is 12.1. The summed E-state index contributed by atoms with van der Waals surface area (Å²) in [5.74, 6) is -0.335. The third-order valence-corrected chi connectivity index (χ3v) is 3.98. The van der Waals surface area contributed by atoms with Crippen LogP contribution in [0.5, 0.6) is 0 Å². The van der Waals surface area contributed by atoms with E-state index in [9.17, 15) is 9.59 Å². The van der Waals surface area contributed by atoms with Crippen molar-refractivity contribution in [1.29, 1.82) is 0 Å². The van der Waals surface area contributed by atoms with Crippen molar-refractivity contribution in [2.75, 3.05) is 0 Å². The molecule has 2 heterocycles. The molecule has 1 amide bonds. The van der Waals surface area contributed by atoms with Crippen LogP contribution in [0.3, 0.4) is 0 Å². The molecular formula is C15H18N4O2. The Kier molecular flexibility index (Phi) is 3.37. The third kappa shape index (κ3) is 2.49. The molecule has 21 heavy (non-hydrogen) atoms. The van der Waals surface area contributed by atoms with E-state index in [2.05, 4.69) is 15.4 Å². The second-order valence-electron chi connectivity index (χ2n) is 5.48. The van der Waals surface area contributed by atoms with E-state index in [1.165, 1.54) is 12.3 Å². The van der Waals surface area contributed by atoms with Gasteiger partial charge in [0.05, 0.1) is 12.2 Å². The number of aromatic nitrogens is 3. The van der Waals surface area contributed by atoms with E-state index < -0.39 is 0 Å². The summed E-state index contributed by atoms with van der Waals surface area (Å²) in [5, 5.41) is 7.21. The van der Waals surface area contributed by atoms with E-state index >= 15 is 0 Å². The fourth-order valence-electron chi connectivity index (χ4n) is 2.84. The van der Waals surface area contributed by atoms with Crippen molar-refractivity contribution in [3.63, 3.8) is 0 Å². The number of rotatable bonds is 2. The number of hydrogen-bond donors (Lipinski definition) is 2. The van der Waals surface area contributed by atoms with Crippen LogP contribution in [0.15, 0.2) is 23.3 Å². The number of fused-ring (bicyclic) bond motifs is 1. The standard InChI is InChI=1S/C15H18N4O2/c1-9-6-14(20)11(7-16-9)15(21)18-12-4-3-5-13-10(12)8-17-19(13)2/h6-8,12H,3-5H2,1-2H3,(H,16,20)(H,18,21). The van der Waals surface area contributed by atoms with E-state index in [1.54, 1.807) is 13.1 Å². The average Bonchev–Trinajstić information content (AvgIpc) is 2.81. The maximum absolute atomic E-state index is 12.3. The van der Waals surface area contributed by atoms with E-state index in [0.29, 0.717) is 0 Å². The molecule has 6 nitrogen and oxygen atoms in total. The zero-order chi connectivity index (χ0) is 15.0. The van der Waals surface area contributed by atoms with Crippen molar-refractivity contribution in [3.05, 3.63) is 51.2 Å². The highest BCUT2D eigenvalue weighted by Crippen LogP contribution is 2.29. The Morgan fingerprint density at radius 2 is 2.33 bits per heavy atom. The molecule has 1 atom stereocenters. The first-order valence-corrected chi connectivity index (χ1v) is 7.07. The van der Waals surface area contributed by atoms with Crippen molar-refractivity contribution in [3.8, 4) is 0 Å². The molecule has 1 unspecified atom stereocenters. The minimum atomic E-state index is -0.335. The highest BCUT2D eigenvalue weighted by molar-refractivity contribution is 5.94. The summed E-state index contributed by atoms with van der Waals surface area (Å²) >= 11 is 0. The molecule has 2 aromatic heterocycles. The van der Waals surface area contributed by atoms with Gasteiger partial charge >= 0.3 is 0 Å². The minimum absolute atomic E-state index is 0.0735. The van der Waals surface area contributed by atoms with Crippen molar-refractivity contribution < 1.29 is 4.79 Å². The van der Waals surface area contributed by atoms with Gasteiger partial charge < -0.3 is 10.3 Å². The highest BCUT2D eigenvalue weighted by atomic mass is 16.2. The van der Waals surface area contributed by atoms with Gasteiger partial charge in [-0.2, -0.15) is 5.10 Å². The first-order chi connectivity index (χ1) is 10.1. The molecule has 2 aromatic rings. The lowest BCUT2D eigenvalue weighted by Gasteiger charge is -2.23. The van der Waals surface area contributed by atoms with Gasteiger partial charge in [0.2, 0.25) is 0 Å². The predicted molar refractivity (Wildman–Crippen MR) is 78.2 cm³/mol. The summed E-state index contributed by atoms with van der Waals surface area (Å²) in [7, 11) is 1.91. The Morgan fingerprint density at radius 3 is 3.10 bits per heavy atom. The summed E-state index contributed by atoms with van der Waals surface area (Å²) in [6, 6.07) is 1.36. The van der Waals surface area contributed by atoms with E-state index in [-0.39, 0.29) is 22.9 Å². The number of nitrogens with one attached hydrogen (secondary N) is 2.